The molecule has 3 rings (SSSR count). The fourth-order valence-electron chi connectivity index (χ4n) is 8.47. The maximum atomic E-state index is 14.7. The second-order valence-electron chi connectivity index (χ2n) is 17.8. The van der Waals surface area contributed by atoms with Crippen LogP contribution in [0.3, 0.4) is 0 Å². The van der Waals surface area contributed by atoms with Crippen molar-refractivity contribution in [3.8, 4) is 28.7 Å². The number of carbonyl (C=O) groups is 5. The van der Waals surface area contributed by atoms with Crippen molar-refractivity contribution in [2.24, 2.45) is 35.0 Å². The minimum absolute atomic E-state index is 0.0277. The normalized spacial score (nSPS) is 17.4. The predicted octanol–water partition coefficient (Wildman–Crippen LogP) is 7.69. The summed E-state index contributed by atoms with van der Waals surface area (Å²) >= 11 is 0. The van der Waals surface area contributed by atoms with Crippen molar-refractivity contribution in [2.75, 3.05) is 39.9 Å². The Kier molecular flexibility index (Phi) is 24.9. The lowest BCUT2D eigenvalue weighted by Crippen LogP contribution is -2.46. The predicted molar refractivity (Wildman–Crippen MR) is 252 cm³/mol. The molecule has 5 atom stereocenters. The van der Waals surface area contributed by atoms with Gasteiger partial charge in [-0.2, -0.15) is 5.26 Å². The molecule has 64 heavy (non-hydrogen) atoms. The van der Waals surface area contributed by atoms with Gasteiger partial charge in [0.2, 0.25) is 11.8 Å². The van der Waals surface area contributed by atoms with E-state index in [-0.39, 0.29) is 75.2 Å². The zero-order valence-electron chi connectivity index (χ0n) is 39.3. The fraction of sp³-hybridized carbons (Fsp3) is 0.647. The summed E-state index contributed by atoms with van der Waals surface area (Å²) in [7, 11) is 1.59. The van der Waals surface area contributed by atoms with E-state index in [1.807, 2.05) is 12.1 Å². The van der Waals surface area contributed by atoms with E-state index in [2.05, 4.69) is 18.3 Å². The summed E-state index contributed by atoms with van der Waals surface area (Å²) in [6, 6.07) is 10.7. The van der Waals surface area contributed by atoms with Crippen molar-refractivity contribution in [3.63, 3.8) is 0 Å². The van der Waals surface area contributed by atoms with E-state index >= 15 is 0 Å². The summed E-state index contributed by atoms with van der Waals surface area (Å²) in [6.07, 6.45) is 15.0. The number of likely N-dealkylation sites (N-methyl/N-ethyl adjacent to an activating group) is 1. The molecule has 0 saturated carbocycles. The van der Waals surface area contributed by atoms with E-state index < -0.39 is 35.7 Å². The first kappa shape index (κ1) is 53.7. The Bertz CT molecular complexity index is 1830. The minimum Gasteiger partial charge on any atom is -0.492 e. The largest absolute Gasteiger partial charge is 0.492 e. The number of Topliss-reactive ketones (excluding diaryl/α,β-unsaturated/α-hetero) is 3. The average Bonchev–Trinajstić information content (AvgIpc) is 3.28. The maximum Gasteiger partial charge on any atom is 0.226 e. The second kappa shape index (κ2) is 29.7. The molecule has 0 aliphatic carbocycles. The van der Waals surface area contributed by atoms with Gasteiger partial charge in [-0.05, 0) is 74.5 Å². The molecule has 7 N–H and O–H groups in total. The van der Waals surface area contributed by atoms with Crippen LogP contribution >= 0.6 is 0 Å². The Hall–Kier alpha value is -4.64. The molecule has 4 bridgehead atoms. The molecular formula is C51H78N6O7. The van der Waals surface area contributed by atoms with Gasteiger partial charge in [-0.15, -0.1) is 0 Å². The molecule has 0 aromatic heterocycles. The van der Waals surface area contributed by atoms with Crippen LogP contribution in [0.4, 0.5) is 0 Å². The highest BCUT2D eigenvalue weighted by Gasteiger charge is 2.36. The fourth-order valence-corrected chi connectivity index (χ4v) is 8.47. The number of nitrogens with one attached hydrogen (secondary N) is 1. The number of ketones is 3. The summed E-state index contributed by atoms with van der Waals surface area (Å²) in [5.74, 6) is -2.68. The summed E-state index contributed by atoms with van der Waals surface area (Å²) in [5.41, 5.74) is 19.9. The molecule has 0 fully saturated rings. The number of amides is 2. The van der Waals surface area contributed by atoms with Crippen LogP contribution in [-0.4, -0.2) is 80.0 Å². The zero-order valence-corrected chi connectivity index (χ0v) is 39.3. The number of benzene rings is 2. The van der Waals surface area contributed by atoms with Crippen LogP contribution in [-0.2, 0) is 30.4 Å². The monoisotopic (exact) mass is 887 g/mol. The highest BCUT2D eigenvalue weighted by Crippen LogP contribution is 2.41. The lowest BCUT2D eigenvalue weighted by molar-refractivity contribution is -0.144. The molecule has 2 aromatic carbocycles. The molecule has 1 heterocycles. The van der Waals surface area contributed by atoms with Gasteiger partial charge in [0.25, 0.3) is 0 Å². The molecule has 13 nitrogen and oxygen atoms in total. The van der Waals surface area contributed by atoms with Gasteiger partial charge in [-0.3, -0.25) is 24.0 Å². The number of nitrogens with two attached hydrogens (primary N) is 3. The first-order chi connectivity index (χ1) is 30.9. The van der Waals surface area contributed by atoms with E-state index in [4.69, 9.17) is 26.7 Å². The van der Waals surface area contributed by atoms with Gasteiger partial charge in [-0.25, -0.2) is 0 Å². The summed E-state index contributed by atoms with van der Waals surface area (Å²) in [4.78, 5) is 71.9. The zero-order chi connectivity index (χ0) is 46.9. The van der Waals surface area contributed by atoms with Crippen molar-refractivity contribution in [2.45, 2.75) is 155 Å². The summed E-state index contributed by atoms with van der Waals surface area (Å²) < 4.78 is 12.3. The summed E-state index contributed by atoms with van der Waals surface area (Å²) in [6.45, 7) is 6.83. The van der Waals surface area contributed by atoms with Crippen molar-refractivity contribution < 1.29 is 33.4 Å². The first-order valence-corrected chi connectivity index (χ1v) is 24.1. The minimum atomic E-state index is -1.14. The quantitative estimate of drug-likeness (QED) is 0.0580. The standard InChI is InChI=1S/C51H78N6O7/c1-5-6-7-8-9-10-11-12-13-14-15-19-41(58)33-40(18-16-17-24-52)51(62)57(4)49-39-21-23-48(64-28-26-54)43(34-39)42-31-38(20-22-47(42)63-27-25-53)32-44(45(59)29-36(2)35-55)56-50(61)37(3)30-46(49)60/h20-23,31,34,36-37,40,44,49H,5-19,24-30,32-33,52-54H2,1-4H3,(H,56,61)/t36?,37-,40-,44+,49+/m1/s1. The molecule has 2 amide bonds. The number of carbonyl (C=O) groups excluding carboxylic acids is 5. The Morgan fingerprint density at radius 2 is 1.39 bits per heavy atom. The lowest BCUT2D eigenvalue weighted by atomic mass is 9.87. The van der Waals surface area contributed by atoms with Gasteiger partial charge in [0.05, 0.1) is 18.0 Å². The van der Waals surface area contributed by atoms with Gasteiger partial charge in [0.15, 0.2) is 11.6 Å². The number of nitriles is 1. The van der Waals surface area contributed by atoms with Crippen LogP contribution in [0.5, 0.6) is 11.5 Å². The lowest BCUT2D eigenvalue weighted by Gasteiger charge is -2.32. The van der Waals surface area contributed by atoms with E-state index in [1.165, 1.54) is 49.8 Å². The van der Waals surface area contributed by atoms with Crippen molar-refractivity contribution in [1.82, 2.24) is 10.2 Å². The smallest absolute Gasteiger partial charge is 0.226 e. The van der Waals surface area contributed by atoms with Crippen LogP contribution < -0.4 is 32.0 Å². The number of hydrogen-bond donors (Lipinski definition) is 4. The Balaban J connectivity index is 2.02. The van der Waals surface area contributed by atoms with Crippen LogP contribution in [0.15, 0.2) is 36.4 Å². The van der Waals surface area contributed by atoms with E-state index in [0.29, 0.717) is 66.0 Å². The molecule has 0 spiro atoms. The van der Waals surface area contributed by atoms with Gasteiger partial charge in [0, 0.05) is 68.8 Å². The molecule has 2 aromatic rings. The number of fused-ring (bicyclic) bond motifs is 5. The van der Waals surface area contributed by atoms with Crippen molar-refractivity contribution in [3.05, 3.63) is 47.5 Å². The first-order valence-electron chi connectivity index (χ1n) is 24.1. The Morgan fingerprint density at radius 3 is 1.98 bits per heavy atom. The number of unbranched alkanes of at least 4 members (excludes halogenated alkanes) is 11. The highest BCUT2D eigenvalue weighted by molar-refractivity contribution is 5.96. The van der Waals surface area contributed by atoms with Crippen LogP contribution in [0, 0.1) is 29.1 Å². The van der Waals surface area contributed by atoms with Crippen molar-refractivity contribution >= 4 is 29.2 Å². The third-order valence-electron chi connectivity index (χ3n) is 12.2. The topological polar surface area (TPSA) is 221 Å². The average molecular weight is 887 g/mol. The number of rotatable bonds is 29. The third kappa shape index (κ3) is 17.7. The maximum absolute atomic E-state index is 14.7. The molecule has 13 heteroatoms. The molecule has 1 aliphatic rings. The molecule has 1 unspecified atom stereocenters. The van der Waals surface area contributed by atoms with Crippen LogP contribution in [0.2, 0.25) is 0 Å². The number of ether oxygens (including phenoxy) is 2. The Morgan fingerprint density at radius 1 is 0.797 bits per heavy atom. The van der Waals surface area contributed by atoms with E-state index in [0.717, 1.165) is 25.7 Å². The van der Waals surface area contributed by atoms with Gasteiger partial charge < -0.3 is 36.9 Å². The van der Waals surface area contributed by atoms with Crippen molar-refractivity contribution in [1.29, 1.82) is 5.26 Å². The molecule has 354 valence electrons. The summed E-state index contributed by atoms with van der Waals surface area (Å²) in [5, 5.41) is 12.4. The van der Waals surface area contributed by atoms with E-state index in [9.17, 15) is 29.2 Å². The van der Waals surface area contributed by atoms with E-state index in [1.54, 1.807) is 45.2 Å². The molecule has 1 aliphatic heterocycles. The number of nitrogens with zero attached hydrogens (tertiary/aromatic N) is 2. The third-order valence-corrected chi connectivity index (χ3v) is 12.2. The molecule has 0 radical (unpaired) electrons. The van der Waals surface area contributed by atoms with Gasteiger partial charge in [-0.1, -0.05) is 96.6 Å². The van der Waals surface area contributed by atoms with Crippen LogP contribution in [0.25, 0.3) is 11.1 Å². The number of hydrogen-bond acceptors (Lipinski definition) is 11. The van der Waals surface area contributed by atoms with Crippen LogP contribution in [0.1, 0.15) is 154 Å². The van der Waals surface area contributed by atoms with Gasteiger partial charge >= 0.3 is 0 Å². The van der Waals surface area contributed by atoms with Gasteiger partial charge in [0.1, 0.15) is 36.5 Å². The molecular weight excluding hydrogens is 809 g/mol. The highest BCUT2D eigenvalue weighted by atomic mass is 16.5. The SMILES string of the molecule is CCCCCCCCCCCCCC(=O)C[C@@H](CCCCN)C(=O)N(C)[C@@H]1C(=O)C[C@@H](C)C(=O)N[C@H](C(=O)CC(C)C#N)Cc2ccc(OCCN)c(c2)-c2cc1ccc2OCCN. The molecule has 0 saturated heterocycles. The second-order valence-corrected chi connectivity index (χ2v) is 17.8. The Labute approximate surface area is 382 Å².